The van der Waals surface area contributed by atoms with Gasteiger partial charge in [0.05, 0.1) is 18.3 Å². The topological polar surface area (TPSA) is 91.5 Å². The third kappa shape index (κ3) is 3.40. The molecule has 158 valence electrons. The lowest BCUT2D eigenvalue weighted by Crippen LogP contribution is -2.13. The number of ether oxygens (including phenoxy) is 1. The summed E-state index contributed by atoms with van der Waals surface area (Å²) in [6.45, 7) is 0.825. The zero-order chi connectivity index (χ0) is 22.1. The van der Waals surface area contributed by atoms with E-state index in [4.69, 9.17) is 4.74 Å². The molecule has 0 aliphatic heterocycles. The van der Waals surface area contributed by atoms with Gasteiger partial charge in [0.15, 0.2) is 0 Å². The molecule has 0 amide bonds. The second-order valence-electron chi connectivity index (χ2n) is 7.30. The average Bonchev–Trinajstić information content (AvgIpc) is 3.44. The fourth-order valence-electron chi connectivity index (χ4n) is 3.93. The Labute approximate surface area is 183 Å². The van der Waals surface area contributed by atoms with Gasteiger partial charge in [-0.3, -0.25) is 0 Å². The number of benzene rings is 2. The van der Waals surface area contributed by atoms with Gasteiger partial charge >= 0.3 is 0 Å². The second kappa shape index (κ2) is 8.04. The number of rotatable bonds is 6. The Bertz CT molecular complexity index is 1480. The number of nitriles is 1. The summed E-state index contributed by atoms with van der Waals surface area (Å²) in [6, 6.07) is 16.7. The molecule has 0 radical (unpaired) electrons. The van der Waals surface area contributed by atoms with Crippen LogP contribution in [0.3, 0.4) is 0 Å². The number of hydrogen-bond donors (Lipinski definition) is 2. The SMILES string of the molecule is COc1ccc(F)c2c1cc(C#N)n2CCNc1cc(-c2ccc3cc[nH]c3c2)ncn1. The minimum atomic E-state index is -0.397. The van der Waals surface area contributed by atoms with E-state index in [1.807, 2.05) is 36.5 Å². The molecule has 0 unspecified atom stereocenters. The molecule has 3 aromatic heterocycles. The van der Waals surface area contributed by atoms with Crippen molar-refractivity contribution in [2.24, 2.45) is 0 Å². The molecule has 2 N–H and O–H groups in total. The van der Waals surface area contributed by atoms with Crippen molar-refractivity contribution in [3.05, 3.63) is 72.6 Å². The van der Waals surface area contributed by atoms with Crippen LogP contribution < -0.4 is 10.1 Å². The van der Waals surface area contributed by atoms with Crippen molar-refractivity contribution in [1.82, 2.24) is 19.5 Å². The molecule has 8 heteroatoms. The maximum absolute atomic E-state index is 14.6. The lowest BCUT2D eigenvalue weighted by molar-refractivity contribution is 0.419. The monoisotopic (exact) mass is 426 g/mol. The third-order valence-corrected chi connectivity index (χ3v) is 5.46. The largest absolute Gasteiger partial charge is 0.496 e. The summed E-state index contributed by atoms with van der Waals surface area (Å²) in [6.07, 6.45) is 3.41. The first-order valence-electron chi connectivity index (χ1n) is 10.1. The minimum absolute atomic E-state index is 0.352. The summed E-state index contributed by atoms with van der Waals surface area (Å²) in [7, 11) is 1.53. The van der Waals surface area contributed by atoms with Gasteiger partial charge < -0.3 is 19.6 Å². The van der Waals surface area contributed by atoms with Gasteiger partial charge in [0.2, 0.25) is 0 Å². The Morgan fingerprint density at radius 2 is 2.06 bits per heavy atom. The van der Waals surface area contributed by atoms with Crippen molar-refractivity contribution in [2.75, 3.05) is 19.0 Å². The lowest BCUT2D eigenvalue weighted by Gasteiger charge is -2.11. The molecular formula is C24H19FN6O. The number of hydrogen-bond acceptors (Lipinski definition) is 5. The number of nitrogens with one attached hydrogen (secondary N) is 2. The Morgan fingerprint density at radius 1 is 1.16 bits per heavy atom. The highest BCUT2D eigenvalue weighted by atomic mass is 19.1. The Balaban J connectivity index is 1.38. The summed E-state index contributed by atoms with van der Waals surface area (Å²) < 4.78 is 21.5. The summed E-state index contributed by atoms with van der Waals surface area (Å²) >= 11 is 0. The smallest absolute Gasteiger partial charge is 0.147 e. The van der Waals surface area contributed by atoms with Crippen LogP contribution >= 0.6 is 0 Å². The number of halogens is 1. The van der Waals surface area contributed by atoms with Crippen molar-refractivity contribution >= 4 is 27.6 Å². The van der Waals surface area contributed by atoms with Crippen molar-refractivity contribution < 1.29 is 9.13 Å². The van der Waals surface area contributed by atoms with E-state index >= 15 is 0 Å². The molecule has 0 saturated heterocycles. The summed E-state index contributed by atoms with van der Waals surface area (Å²) in [5, 5.41) is 14.5. The normalized spacial score (nSPS) is 11.0. The number of nitrogens with zero attached hydrogens (tertiary/aromatic N) is 4. The van der Waals surface area contributed by atoms with Crippen molar-refractivity contribution in [3.63, 3.8) is 0 Å². The highest BCUT2D eigenvalue weighted by Gasteiger charge is 2.16. The van der Waals surface area contributed by atoms with Crippen LogP contribution in [0.2, 0.25) is 0 Å². The molecule has 32 heavy (non-hydrogen) atoms. The molecule has 0 atom stereocenters. The molecule has 7 nitrogen and oxygen atoms in total. The van der Waals surface area contributed by atoms with Gasteiger partial charge in [-0.1, -0.05) is 12.1 Å². The van der Waals surface area contributed by atoms with E-state index in [-0.39, 0.29) is 0 Å². The predicted octanol–water partition coefficient (Wildman–Crippen LogP) is 4.71. The molecule has 5 rings (SSSR count). The Kier molecular flexibility index (Phi) is 4.92. The first-order valence-corrected chi connectivity index (χ1v) is 10.1. The van der Waals surface area contributed by atoms with Gasteiger partial charge in [-0.2, -0.15) is 5.26 Å². The molecule has 5 aromatic rings. The van der Waals surface area contributed by atoms with E-state index in [0.29, 0.717) is 41.3 Å². The molecule has 3 heterocycles. The molecule has 0 fully saturated rings. The molecule has 0 aliphatic carbocycles. The quantitative estimate of drug-likeness (QED) is 0.410. The van der Waals surface area contributed by atoms with Gasteiger partial charge in [-0.15, -0.1) is 0 Å². The maximum atomic E-state index is 14.6. The van der Waals surface area contributed by atoms with E-state index in [1.165, 1.54) is 19.5 Å². The van der Waals surface area contributed by atoms with Crippen LogP contribution in [0.4, 0.5) is 10.2 Å². The third-order valence-electron chi connectivity index (χ3n) is 5.46. The van der Waals surface area contributed by atoms with E-state index < -0.39 is 5.82 Å². The van der Waals surface area contributed by atoms with E-state index in [9.17, 15) is 9.65 Å². The second-order valence-corrected chi connectivity index (χ2v) is 7.30. The maximum Gasteiger partial charge on any atom is 0.147 e. The van der Waals surface area contributed by atoms with Crippen LogP contribution in [0.15, 0.2) is 61.1 Å². The molecular weight excluding hydrogens is 407 g/mol. The van der Waals surface area contributed by atoms with E-state index in [1.54, 1.807) is 16.7 Å². The highest BCUT2D eigenvalue weighted by molar-refractivity contribution is 5.89. The highest BCUT2D eigenvalue weighted by Crippen LogP contribution is 2.31. The van der Waals surface area contributed by atoms with Crippen LogP contribution in [-0.2, 0) is 6.54 Å². The standard InChI is InChI=1S/C24H19FN6O/c1-32-22-5-4-19(25)24-18(22)11-17(13-26)31(24)9-8-28-23-12-21(29-14-30-23)16-3-2-15-6-7-27-20(15)10-16/h2-7,10-12,14,27H,8-9H2,1H3,(H,28,29,30). The number of H-pyrrole nitrogens is 1. The van der Waals surface area contributed by atoms with Crippen molar-refractivity contribution in [1.29, 1.82) is 5.26 Å². The molecule has 0 bridgehead atoms. The van der Waals surface area contributed by atoms with Crippen LogP contribution in [0.5, 0.6) is 5.75 Å². The predicted molar refractivity (Wildman–Crippen MR) is 121 cm³/mol. The fraction of sp³-hybridized carbons (Fsp3) is 0.125. The summed E-state index contributed by atoms with van der Waals surface area (Å²) in [4.78, 5) is 11.9. The minimum Gasteiger partial charge on any atom is -0.496 e. The average molecular weight is 426 g/mol. The summed E-state index contributed by atoms with van der Waals surface area (Å²) in [5.41, 5.74) is 3.52. The van der Waals surface area contributed by atoms with Crippen LogP contribution in [0.25, 0.3) is 33.1 Å². The van der Waals surface area contributed by atoms with Gasteiger partial charge in [-0.05, 0) is 35.7 Å². The fourth-order valence-corrected chi connectivity index (χ4v) is 3.93. The van der Waals surface area contributed by atoms with Crippen LogP contribution in [0.1, 0.15) is 5.69 Å². The Morgan fingerprint density at radius 3 is 2.91 bits per heavy atom. The first-order chi connectivity index (χ1) is 15.7. The lowest BCUT2D eigenvalue weighted by atomic mass is 10.1. The first kappa shape index (κ1) is 19.6. The van der Waals surface area contributed by atoms with E-state index in [0.717, 1.165) is 22.2 Å². The number of fused-ring (bicyclic) bond motifs is 2. The van der Waals surface area contributed by atoms with Gasteiger partial charge in [-0.25, -0.2) is 14.4 Å². The number of aromatic nitrogens is 4. The number of methoxy groups -OCH3 is 1. The van der Waals surface area contributed by atoms with Crippen molar-refractivity contribution in [3.8, 4) is 23.1 Å². The molecule has 0 aliphatic rings. The zero-order valence-electron chi connectivity index (χ0n) is 17.3. The van der Waals surface area contributed by atoms with Gasteiger partial charge in [0, 0.05) is 41.8 Å². The molecule has 0 spiro atoms. The van der Waals surface area contributed by atoms with Crippen LogP contribution in [-0.4, -0.2) is 33.2 Å². The van der Waals surface area contributed by atoms with E-state index in [2.05, 4.69) is 26.3 Å². The van der Waals surface area contributed by atoms with Gasteiger partial charge in [0.1, 0.15) is 35.5 Å². The van der Waals surface area contributed by atoms with Crippen molar-refractivity contribution in [2.45, 2.75) is 6.54 Å². The molecule has 2 aromatic carbocycles. The van der Waals surface area contributed by atoms with Crippen LogP contribution in [0, 0.1) is 17.1 Å². The van der Waals surface area contributed by atoms with Gasteiger partial charge in [0.25, 0.3) is 0 Å². The molecule has 0 saturated carbocycles. The number of anilines is 1. The number of aromatic amines is 1. The zero-order valence-corrected chi connectivity index (χ0v) is 17.3. The summed E-state index contributed by atoms with van der Waals surface area (Å²) in [5.74, 6) is 0.782. The Hall–Kier alpha value is -4.38.